The molecule has 1 rings (SSSR count). The average Bonchev–Trinajstić information content (AvgIpc) is 1.92. The fourth-order valence-electron chi connectivity index (χ4n) is 0.619. The topological polar surface area (TPSA) is 67.0 Å². The highest BCUT2D eigenvalue weighted by molar-refractivity contribution is 8.13. The Labute approximate surface area is 77.5 Å². The highest BCUT2D eigenvalue weighted by Crippen LogP contribution is 2.17. The van der Waals surface area contributed by atoms with Gasteiger partial charge in [0.15, 0.2) is 5.03 Å². The molecule has 0 aliphatic rings. The summed E-state index contributed by atoms with van der Waals surface area (Å²) in [7, 11) is 0.982. The first-order valence-corrected chi connectivity index (χ1v) is 5.43. The Morgan fingerprint density at radius 2 is 2.00 bits per heavy atom. The SMILES string of the molecule is O=c1cc[nH]c(S(=O)(=O)Cl)c1Cl. The van der Waals surface area contributed by atoms with E-state index < -0.39 is 24.5 Å². The predicted octanol–water partition coefficient (Wildman–Crippen LogP) is 0.956. The van der Waals surface area contributed by atoms with Crippen LogP contribution >= 0.6 is 22.3 Å². The van der Waals surface area contributed by atoms with Crippen molar-refractivity contribution in [2.45, 2.75) is 5.03 Å². The van der Waals surface area contributed by atoms with Crippen LogP contribution < -0.4 is 5.43 Å². The molecular weight excluding hydrogens is 225 g/mol. The molecule has 0 fully saturated rings. The summed E-state index contributed by atoms with van der Waals surface area (Å²) in [6.45, 7) is 0. The number of H-pyrrole nitrogens is 1. The lowest BCUT2D eigenvalue weighted by atomic mass is 10.5. The maximum atomic E-state index is 10.8. The van der Waals surface area contributed by atoms with Crippen molar-refractivity contribution in [3.05, 3.63) is 27.5 Å². The minimum Gasteiger partial charge on any atom is -0.350 e. The fourth-order valence-corrected chi connectivity index (χ4v) is 2.05. The summed E-state index contributed by atoms with van der Waals surface area (Å²) in [5, 5.41) is -0.897. The number of pyridine rings is 1. The first-order chi connectivity index (χ1) is 5.43. The number of aromatic amines is 1. The number of aromatic nitrogens is 1. The lowest BCUT2D eigenvalue weighted by Gasteiger charge is -1.96. The molecule has 1 N–H and O–H groups in total. The zero-order valence-corrected chi connectivity index (χ0v) is 7.87. The molecule has 4 nitrogen and oxygen atoms in total. The van der Waals surface area contributed by atoms with Gasteiger partial charge in [-0.1, -0.05) is 11.6 Å². The molecule has 0 amide bonds. The summed E-state index contributed by atoms with van der Waals surface area (Å²) in [6, 6.07) is 1.11. The van der Waals surface area contributed by atoms with Gasteiger partial charge in [-0.25, -0.2) is 8.42 Å². The largest absolute Gasteiger partial charge is 0.350 e. The molecule has 0 aromatic carbocycles. The molecule has 0 atom stereocenters. The van der Waals surface area contributed by atoms with Crippen molar-refractivity contribution in [2.75, 3.05) is 0 Å². The van der Waals surface area contributed by atoms with Crippen molar-refractivity contribution in [1.29, 1.82) is 0 Å². The number of halogens is 2. The van der Waals surface area contributed by atoms with E-state index in [1.807, 2.05) is 0 Å². The van der Waals surface area contributed by atoms with E-state index in [9.17, 15) is 13.2 Å². The summed E-state index contributed by atoms with van der Waals surface area (Å²) >= 11 is 5.37. The minimum atomic E-state index is -3.97. The van der Waals surface area contributed by atoms with E-state index in [1.54, 1.807) is 0 Å². The molecule has 1 aromatic heterocycles. The quantitative estimate of drug-likeness (QED) is 0.727. The fraction of sp³-hybridized carbons (Fsp3) is 0. The molecule has 0 unspecified atom stereocenters. The van der Waals surface area contributed by atoms with Gasteiger partial charge in [0.1, 0.15) is 5.02 Å². The molecule has 0 radical (unpaired) electrons. The third-order valence-electron chi connectivity index (χ3n) is 1.11. The van der Waals surface area contributed by atoms with Crippen LogP contribution in [0.15, 0.2) is 22.1 Å². The molecule has 66 valence electrons. The Kier molecular flexibility index (Phi) is 2.46. The highest BCUT2D eigenvalue weighted by atomic mass is 35.7. The second-order valence-electron chi connectivity index (χ2n) is 1.92. The van der Waals surface area contributed by atoms with Gasteiger partial charge in [0, 0.05) is 22.9 Å². The van der Waals surface area contributed by atoms with E-state index in [-0.39, 0.29) is 0 Å². The van der Waals surface area contributed by atoms with Crippen LogP contribution in [0.3, 0.4) is 0 Å². The van der Waals surface area contributed by atoms with E-state index in [4.69, 9.17) is 22.3 Å². The van der Waals surface area contributed by atoms with Gasteiger partial charge >= 0.3 is 0 Å². The summed E-state index contributed by atoms with van der Waals surface area (Å²) < 4.78 is 21.4. The Balaban J connectivity index is 3.58. The highest BCUT2D eigenvalue weighted by Gasteiger charge is 2.16. The lowest BCUT2D eigenvalue weighted by Crippen LogP contribution is -2.06. The number of nitrogens with one attached hydrogen (secondary N) is 1. The van der Waals surface area contributed by atoms with E-state index in [2.05, 4.69) is 4.98 Å². The van der Waals surface area contributed by atoms with Crippen LogP contribution in [0.4, 0.5) is 0 Å². The Morgan fingerprint density at radius 3 is 2.42 bits per heavy atom. The molecule has 0 aliphatic heterocycles. The Hall–Kier alpha value is -0.520. The van der Waals surface area contributed by atoms with Gasteiger partial charge in [0.25, 0.3) is 9.05 Å². The van der Waals surface area contributed by atoms with Gasteiger partial charge in [-0.05, 0) is 0 Å². The van der Waals surface area contributed by atoms with Crippen LogP contribution in [-0.2, 0) is 9.05 Å². The first kappa shape index (κ1) is 9.57. The van der Waals surface area contributed by atoms with E-state index >= 15 is 0 Å². The normalized spacial score (nSPS) is 11.5. The van der Waals surface area contributed by atoms with Gasteiger partial charge in [0.05, 0.1) is 0 Å². The van der Waals surface area contributed by atoms with Gasteiger partial charge < -0.3 is 4.98 Å². The smallest absolute Gasteiger partial charge is 0.278 e. The third kappa shape index (κ3) is 1.80. The van der Waals surface area contributed by atoms with Crippen molar-refractivity contribution < 1.29 is 8.42 Å². The van der Waals surface area contributed by atoms with Gasteiger partial charge in [0.2, 0.25) is 5.43 Å². The van der Waals surface area contributed by atoms with Crippen LogP contribution in [0.25, 0.3) is 0 Å². The maximum absolute atomic E-state index is 10.8. The predicted molar refractivity (Wildman–Crippen MR) is 45.1 cm³/mol. The average molecular weight is 228 g/mol. The van der Waals surface area contributed by atoms with Crippen LogP contribution in [-0.4, -0.2) is 13.4 Å². The maximum Gasteiger partial charge on any atom is 0.278 e. The monoisotopic (exact) mass is 227 g/mol. The van der Waals surface area contributed by atoms with Crippen molar-refractivity contribution >= 4 is 31.3 Å². The Morgan fingerprint density at radius 1 is 1.42 bits per heavy atom. The summed E-state index contributed by atoms with van der Waals surface area (Å²) in [6.07, 6.45) is 1.16. The molecule has 0 spiro atoms. The number of hydrogen-bond donors (Lipinski definition) is 1. The molecule has 7 heteroatoms. The van der Waals surface area contributed by atoms with E-state index in [0.29, 0.717) is 0 Å². The molecule has 0 aliphatic carbocycles. The lowest BCUT2D eigenvalue weighted by molar-refractivity contribution is 0.606. The van der Waals surface area contributed by atoms with Crippen molar-refractivity contribution in [2.24, 2.45) is 0 Å². The minimum absolute atomic E-state index is 0.424. The standard InChI is InChI=1S/C5H3Cl2NO3S/c6-4-3(9)1-2-8-5(4)12(7,10)11/h1-2H,(H,8,9). The molecule has 0 saturated heterocycles. The van der Waals surface area contributed by atoms with Crippen molar-refractivity contribution in [3.8, 4) is 0 Å². The molecule has 0 bridgehead atoms. The summed E-state index contributed by atoms with van der Waals surface area (Å²) in [5.41, 5.74) is -0.588. The zero-order chi connectivity index (χ0) is 9.35. The van der Waals surface area contributed by atoms with Crippen LogP contribution in [0.5, 0.6) is 0 Å². The van der Waals surface area contributed by atoms with Crippen LogP contribution in [0.1, 0.15) is 0 Å². The van der Waals surface area contributed by atoms with Crippen LogP contribution in [0, 0.1) is 0 Å². The Bertz CT molecular complexity index is 450. The van der Waals surface area contributed by atoms with Gasteiger partial charge in [-0.15, -0.1) is 0 Å². The second kappa shape index (κ2) is 3.08. The summed E-state index contributed by atoms with van der Waals surface area (Å²) in [4.78, 5) is 13.1. The number of rotatable bonds is 1. The summed E-state index contributed by atoms with van der Waals surface area (Å²) in [5.74, 6) is 0. The van der Waals surface area contributed by atoms with Crippen molar-refractivity contribution in [3.63, 3.8) is 0 Å². The first-order valence-electron chi connectivity index (χ1n) is 2.75. The zero-order valence-electron chi connectivity index (χ0n) is 5.54. The molecule has 12 heavy (non-hydrogen) atoms. The molecular formula is C5H3Cl2NO3S. The van der Waals surface area contributed by atoms with Crippen molar-refractivity contribution in [1.82, 2.24) is 4.98 Å². The second-order valence-corrected chi connectivity index (χ2v) is 4.80. The van der Waals surface area contributed by atoms with Gasteiger partial charge in [-0.3, -0.25) is 4.79 Å². The van der Waals surface area contributed by atoms with E-state index in [0.717, 1.165) is 12.3 Å². The van der Waals surface area contributed by atoms with E-state index in [1.165, 1.54) is 0 Å². The number of hydrogen-bond acceptors (Lipinski definition) is 3. The third-order valence-corrected chi connectivity index (χ3v) is 2.87. The van der Waals surface area contributed by atoms with Gasteiger partial charge in [-0.2, -0.15) is 0 Å². The van der Waals surface area contributed by atoms with Crippen LogP contribution in [0.2, 0.25) is 5.02 Å². The molecule has 0 saturated carbocycles. The molecule has 1 aromatic rings. The molecule has 1 heterocycles.